The minimum Gasteiger partial charge on any atom is -0.455 e. The lowest BCUT2D eigenvalue weighted by Gasteiger charge is -2.19. The third-order valence-corrected chi connectivity index (χ3v) is 8.83. The second-order valence-electron chi connectivity index (χ2n) is 11.6. The molecule has 0 aliphatic heterocycles. The van der Waals surface area contributed by atoms with Crippen LogP contribution in [0, 0.1) is 0 Å². The number of fused-ring (bicyclic) bond motifs is 4. The zero-order chi connectivity index (χ0) is 30.5. The van der Waals surface area contributed by atoms with Crippen LogP contribution in [-0.2, 0) is 0 Å². The van der Waals surface area contributed by atoms with E-state index >= 15 is 0 Å². The highest BCUT2D eigenvalue weighted by Crippen LogP contribution is 2.43. The molecule has 46 heavy (non-hydrogen) atoms. The van der Waals surface area contributed by atoms with Gasteiger partial charge in [-0.1, -0.05) is 140 Å². The van der Waals surface area contributed by atoms with Crippen molar-refractivity contribution in [2.24, 2.45) is 0 Å². The van der Waals surface area contributed by atoms with Crippen molar-refractivity contribution in [2.45, 2.75) is 0 Å². The molecule has 0 unspecified atom stereocenters. The molecule has 0 atom stereocenters. The van der Waals surface area contributed by atoms with Crippen molar-refractivity contribution in [3.63, 3.8) is 0 Å². The van der Waals surface area contributed by atoms with Gasteiger partial charge in [0.1, 0.15) is 17.0 Å². The Bertz CT molecular complexity index is 2450. The first kappa shape index (κ1) is 26.2. The number of aromatic nitrogens is 2. The molecule has 2 heterocycles. The van der Waals surface area contributed by atoms with Crippen molar-refractivity contribution in [1.82, 2.24) is 9.55 Å². The van der Waals surface area contributed by atoms with Crippen molar-refractivity contribution in [3.05, 3.63) is 170 Å². The van der Waals surface area contributed by atoms with E-state index in [1.54, 1.807) is 0 Å². The zero-order valence-corrected chi connectivity index (χ0v) is 25.0. The Morgan fingerprint density at radius 1 is 0.435 bits per heavy atom. The van der Waals surface area contributed by atoms with Gasteiger partial charge in [-0.05, 0) is 52.6 Å². The number of para-hydroxylation sites is 4. The fourth-order valence-electron chi connectivity index (χ4n) is 6.70. The summed E-state index contributed by atoms with van der Waals surface area (Å²) in [6.45, 7) is 0. The fourth-order valence-corrected chi connectivity index (χ4v) is 6.70. The number of benzene rings is 7. The van der Waals surface area contributed by atoms with Gasteiger partial charge in [0.2, 0.25) is 0 Å². The van der Waals surface area contributed by atoms with Gasteiger partial charge in [-0.2, -0.15) is 0 Å². The molecule has 0 saturated heterocycles. The highest BCUT2D eigenvalue weighted by Gasteiger charge is 2.23. The highest BCUT2D eigenvalue weighted by atomic mass is 16.3. The maximum atomic E-state index is 6.69. The van der Waals surface area contributed by atoms with E-state index in [9.17, 15) is 0 Å². The lowest BCUT2D eigenvalue weighted by Crippen LogP contribution is -2.03. The van der Waals surface area contributed by atoms with Crippen LogP contribution >= 0.6 is 0 Å². The Labute approximate surface area is 266 Å². The fraction of sp³-hybridized carbons (Fsp3) is 0. The number of hydrogen-bond donors (Lipinski definition) is 0. The normalized spacial score (nSPS) is 11.5. The summed E-state index contributed by atoms with van der Waals surface area (Å²) >= 11 is 0. The predicted molar refractivity (Wildman–Crippen MR) is 190 cm³/mol. The molecule has 0 bridgehead atoms. The van der Waals surface area contributed by atoms with Crippen LogP contribution in [0.4, 0.5) is 0 Å². The Balaban J connectivity index is 1.36. The zero-order valence-electron chi connectivity index (χ0n) is 25.0. The van der Waals surface area contributed by atoms with E-state index in [2.05, 4.69) is 168 Å². The molecule has 0 saturated carbocycles. The SMILES string of the molecule is c1ccc(-c2ccc3oc4c(-c5nc6ccccc6n5-c5c(-c6ccccc6)cccc5-c5ccccc5)cccc4c3c2)cc1. The van der Waals surface area contributed by atoms with Crippen LogP contribution in [0.5, 0.6) is 0 Å². The first-order valence-corrected chi connectivity index (χ1v) is 15.6. The van der Waals surface area contributed by atoms with Crippen molar-refractivity contribution in [1.29, 1.82) is 0 Å². The summed E-state index contributed by atoms with van der Waals surface area (Å²) in [5.41, 5.74) is 12.6. The predicted octanol–water partition coefficient (Wildman–Crippen LogP) is 11.6. The molecule has 9 rings (SSSR count). The lowest BCUT2D eigenvalue weighted by atomic mass is 9.95. The molecule has 3 nitrogen and oxygen atoms in total. The maximum Gasteiger partial charge on any atom is 0.149 e. The molecule has 0 aliphatic carbocycles. The van der Waals surface area contributed by atoms with Gasteiger partial charge in [0.25, 0.3) is 0 Å². The second-order valence-corrected chi connectivity index (χ2v) is 11.6. The smallest absolute Gasteiger partial charge is 0.149 e. The molecule has 3 heteroatoms. The first-order chi connectivity index (χ1) is 22.8. The van der Waals surface area contributed by atoms with Crippen LogP contribution in [-0.4, -0.2) is 9.55 Å². The van der Waals surface area contributed by atoms with E-state index in [1.165, 1.54) is 5.56 Å². The van der Waals surface area contributed by atoms with Crippen molar-refractivity contribution in [3.8, 4) is 50.5 Å². The average molecular weight is 589 g/mol. The van der Waals surface area contributed by atoms with Crippen molar-refractivity contribution >= 4 is 33.0 Å². The molecule has 216 valence electrons. The average Bonchev–Trinajstić information content (AvgIpc) is 3.71. The molecule has 0 fully saturated rings. The van der Waals surface area contributed by atoms with Crippen LogP contribution in [0.3, 0.4) is 0 Å². The summed E-state index contributed by atoms with van der Waals surface area (Å²) < 4.78 is 9.02. The van der Waals surface area contributed by atoms with Crippen LogP contribution in [0.1, 0.15) is 0 Å². The minimum absolute atomic E-state index is 0.831. The third kappa shape index (κ3) is 4.25. The lowest BCUT2D eigenvalue weighted by molar-refractivity contribution is 0.669. The van der Waals surface area contributed by atoms with Gasteiger partial charge < -0.3 is 4.42 Å². The summed E-state index contributed by atoms with van der Waals surface area (Å²) in [4.78, 5) is 5.32. The molecule has 9 aromatic rings. The maximum absolute atomic E-state index is 6.69. The molecular formula is C43H28N2O. The van der Waals surface area contributed by atoms with Gasteiger partial charge in [0, 0.05) is 21.9 Å². The van der Waals surface area contributed by atoms with Crippen LogP contribution in [0.15, 0.2) is 174 Å². The topological polar surface area (TPSA) is 31.0 Å². The van der Waals surface area contributed by atoms with Gasteiger partial charge in [0.05, 0.1) is 22.3 Å². The molecule has 0 aliphatic rings. The third-order valence-electron chi connectivity index (χ3n) is 8.83. The van der Waals surface area contributed by atoms with Gasteiger partial charge in [-0.25, -0.2) is 4.98 Å². The van der Waals surface area contributed by atoms with E-state index in [4.69, 9.17) is 9.40 Å². The Morgan fingerprint density at radius 3 is 1.72 bits per heavy atom. The van der Waals surface area contributed by atoms with Gasteiger partial charge in [0.15, 0.2) is 0 Å². The van der Waals surface area contributed by atoms with E-state index in [-0.39, 0.29) is 0 Å². The summed E-state index contributed by atoms with van der Waals surface area (Å²) in [7, 11) is 0. The highest BCUT2D eigenvalue weighted by molar-refractivity contribution is 6.10. The largest absolute Gasteiger partial charge is 0.455 e. The number of nitrogens with zero attached hydrogens (tertiary/aromatic N) is 2. The Morgan fingerprint density at radius 2 is 1.02 bits per heavy atom. The van der Waals surface area contributed by atoms with Crippen LogP contribution < -0.4 is 0 Å². The summed E-state index contributed by atoms with van der Waals surface area (Å²) in [5.74, 6) is 0.842. The number of furan rings is 1. The number of rotatable bonds is 5. The first-order valence-electron chi connectivity index (χ1n) is 15.6. The van der Waals surface area contributed by atoms with Gasteiger partial charge in [-0.3, -0.25) is 4.57 Å². The van der Waals surface area contributed by atoms with Crippen LogP contribution in [0.25, 0.3) is 83.4 Å². The Hall–Kier alpha value is -6.19. The van der Waals surface area contributed by atoms with E-state index in [1.807, 2.05) is 6.07 Å². The summed E-state index contributed by atoms with van der Waals surface area (Å²) in [5, 5.41) is 2.17. The minimum atomic E-state index is 0.831. The summed E-state index contributed by atoms with van der Waals surface area (Å²) in [6.07, 6.45) is 0. The Kier molecular flexibility index (Phi) is 6.14. The van der Waals surface area contributed by atoms with E-state index in [0.29, 0.717) is 0 Å². The quantitative estimate of drug-likeness (QED) is 0.200. The monoisotopic (exact) mass is 588 g/mol. The molecule has 0 spiro atoms. The van der Waals surface area contributed by atoms with Gasteiger partial charge >= 0.3 is 0 Å². The molecule has 0 amide bonds. The van der Waals surface area contributed by atoms with E-state index < -0.39 is 0 Å². The molecule has 0 N–H and O–H groups in total. The van der Waals surface area contributed by atoms with Crippen molar-refractivity contribution < 1.29 is 4.42 Å². The van der Waals surface area contributed by atoms with Gasteiger partial charge in [-0.15, -0.1) is 0 Å². The number of imidazole rings is 1. The molecule has 7 aromatic carbocycles. The molecular weight excluding hydrogens is 560 g/mol. The number of hydrogen-bond acceptors (Lipinski definition) is 2. The van der Waals surface area contributed by atoms with Crippen LogP contribution in [0.2, 0.25) is 0 Å². The second kappa shape index (κ2) is 10.8. The standard InChI is InChI=1S/C43H28N2O/c1-4-14-29(15-5-1)32-26-27-40-37(28-32)35-22-13-23-36(42(35)46-40)43-44-38-24-10-11-25-39(38)45(43)41-33(30-16-6-2-7-17-30)20-12-21-34(41)31-18-8-3-9-19-31/h1-28H. The van der Waals surface area contributed by atoms with Crippen molar-refractivity contribution in [2.75, 3.05) is 0 Å². The summed E-state index contributed by atoms with van der Waals surface area (Å²) in [6, 6.07) is 59.5. The molecule has 0 radical (unpaired) electrons. The van der Waals surface area contributed by atoms with E-state index in [0.717, 1.165) is 77.9 Å². The molecule has 2 aromatic heterocycles.